The van der Waals surface area contributed by atoms with E-state index in [1.54, 1.807) is 46.9 Å². The number of phenolic OH excluding ortho intramolecular Hbond substituents is 1. The highest BCUT2D eigenvalue weighted by Crippen LogP contribution is 2.43. The molecule has 16 nitrogen and oxygen atoms in total. The van der Waals surface area contributed by atoms with Crippen molar-refractivity contribution < 1.29 is 28.9 Å². The van der Waals surface area contributed by atoms with Crippen molar-refractivity contribution in [1.82, 2.24) is 29.5 Å². The number of ether oxygens (including phenoxy) is 3. The number of nitrogen functional groups attached to an aromatic ring is 1. The van der Waals surface area contributed by atoms with Crippen LogP contribution >= 0.6 is 45.9 Å². The molecule has 0 aliphatic carbocycles. The highest BCUT2D eigenvalue weighted by atomic mass is 35.5. The molecule has 0 unspecified atom stereocenters. The Kier molecular flexibility index (Phi) is 13.1. The van der Waals surface area contributed by atoms with E-state index in [1.165, 1.54) is 9.75 Å². The van der Waals surface area contributed by atoms with Crippen LogP contribution in [0.5, 0.6) is 11.5 Å². The molecule has 8 heterocycles. The second-order valence-corrected chi connectivity index (χ2v) is 21.7. The lowest BCUT2D eigenvalue weighted by atomic mass is 9.99. The third-order valence-electron chi connectivity index (χ3n) is 13.8. The van der Waals surface area contributed by atoms with Gasteiger partial charge in [-0.3, -0.25) is 28.7 Å². The van der Waals surface area contributed by atoms with Gasteiger partial charge in [-0.1, -0.05) is 47.5 Å². The number of carbonyl (C=O) groups is 2. The molecule has 8 aromatic rings. The van der Waals surface area contributed by atoms with Crippen LogP contribution in [0.4, 0.5) is 11.4 Å². The molecule has 0 saturated heterocycles. The number of thiophene rings is 2. The van der Waals surface area contributed by atoms with Crippen LogP contribution in [0.25, 0.3) is 10.0 Å². The largest absolute Gasteiger partial charge is 0.508 e. The number of nitrogens with two attached hydrogens (primary N) is 1. The number of amides is 1. The third-order valence-corrected chi connectivity index (χ3v) is 16.7. The van der Waals surface area contributed by atoms with Gasteiger partial charge in [0.05, 0.1) is 50.7 Å². The first-order valence-corrected chi connectivity index (χ1v) is 26.1. The average Bonchev–Trinajstić information content (AvgIpc) is 4.26. The number of phenols is 1. The molecule has 0 spiro atoms. The lowest BCUT2D eigenvalue weighted by Gasteiger charge is -2.14. The summed E-state index contributed by atoms with van der Waals surface area (Å²) in [6.07, 6.45) is 0.0564. The van der Waals surface area contributed by atoms with Gasteiger partial charge >= 0.3 is 5.97 Å². The van der Waals surface area contributed by atoms with Crippen LogP contribution in [-0.4, -0.2) is 57.9 Å². The predicted molar refractivity (Wildman–Crippen MR) is 286 cm³/mol. The summed E-state index contributed by atoms with van der Waals surface area (Å²) < 4.78 is 20.9. The number of rotatable bonds is 8. The van der Waals surface area contributed by atoms with E-state index in [0.717, 1.165) is 83.1 Å². The van der Waals surface area contributed by atoms with Gasteiger partial charge in [-0.15, -0.1) is 43.1 Å². The fourth-order valence-electron chi connectivity index (χ4n) is 9.71. The zero-order valence-corrected chi connectivity index (χ0v) is 44.2. The number of halogens is 2. The number of benzene rings is 4. The molecular formula is C54H48Cl2N10O6S2. The van der Waals surface area contributed by atoms with Gasteiger partial charge in [-0.05, 0) is 101 Å². The minimum Gasteiger partial charge on any atom is -0.508 e. The predicted octanol–water partition coefficient (Wildman–Crippen LogP) is 11.0. The Balaban J connectivity index is 0.000000159. The number of hydrogen-bond acceptors (Lipinski definition) is 15. The number of anilines is 2. The first-order chi connectivity index (χ1) is 35.6. The number of aromatic nitrogens is 6. The normalized spacial score (nSPS) is 16.0. The second kappa shape index (κ2) is 19.7. The summed E-state index contributed by atoms with van der Waals surface area (Å²) in [4.78, 5) is 39.3. The number of fused-ring (bicyclic) bond motifs is 8. The molecule has 0 bridgehead atoms. The number of nitrogens with zero attached hydrogens (tertiary/aromatic N) is 8. The van der Waals surface area contributed by atoms with E-state index in [0.29, 0.717) is 70.8 Å². The minimum atomic E-state index is -0.600. The van der Waals surface area contributed by atoms with Gasteiger partial charge in [0.2, 0.25) is 5.91 Å². The molecular weight excluding hydrogens is 1020 g/mol. The summed E-state index contributed by atoms with van der Waals surface area (Å²) in [5, 5.41) is 34.0. The molecule has 12 rings (SSSR count). The maximum atomic E-state index is 13.4. The molecule has 4 N–H and O–H groups in total. The van der Waals surface area contributed by atoms with Crippen LogP contribution < -0.4 is 15.8 Å². The zero-order chi connectivity index (χ0) is 51.7. The zero-order valence-electron chi connectivity index (χ0n) is 41.0. The molecule has 20 heteroatoms. The highest BCUT2D eigenvalue weighted by Gasteiger charge is 2.35. The third kappa shape index (κ3) is 8.88. The lowest BCUT2D eigenvalue weighted by Crippen LogP contribution is -2.18. The number of esters is 1. The molecule has 0 radical (unpaired) electrons. The highest BCUT2D eigenvalue weighted by molar-refractivity contribution is 7.15. The van der Waals surface area contributed by atoms with Gasteiger partial charge in [0.25, 0.3) is 0 Å². The van der Waals surface area contributed by atoms with E-state index < -0.39 is 18.1 Å². The molecule has 4 aliphatic heterocycles. The van der Waals surface area contributed by atoms with Gasteiger partial charge in [0.1, 0.15) is 45.2 Å². The summed E-state index contributed by atoms with van der Waals surface area (Å²) in [5.41, 5.74) is 18.2. The maximum absolute atomic E-state index is 13.4. The van der Waals surface area contributed by atoms with Crippen LogP contribution in [-0.2, 0) is 45.5 Å². The van der Waals surface area contributed by atoms with Gasteiger partial charge in [-0.2, -0.15) is 0 Å². The van der Waals surface area contributed by atoms with E-state index in [9.17, 15) is 14.7 Å². The van der Waals surface area contributed by atoms with E-state index >= 15 is 0 Å². The standard InChI is InChI=1S/2C27H24ClN5O3S/c1-13-14(2)37-27-24(13)25(16-4-6-17(28)7-5-16)30-21(26-32-31-15(3)33(26)27)10-23(34)36-22-9-8-20(29)18-11-35-12-19(18)22;1-13-14(2)37-27-24(13)25(16-4-6-17(28)7-5-16)30-21(26-32-31-15(3)33(26)27)10-23(35)29-20-8-9-22(34)19-12-36-11-18(19)20/h4-9,21H,10-12,29H2,1-3H3;4-9,21,34H,10-12H2,1-3H3,(H,29,35)/t2*21-/m00/s1. The summed E-state index contributed by atoms with van der Waals surface area (Å²) in [6.45, 7) is 13.6. The lowest BCUT2D eigenvalue weighted by molar-refractivity contribution is -0.134. The molecule has 4 aliphatic rings. The first-order valence-electron chi connectivity index (χ1n) is 23.8. The molecule has 0 fully saturated rings. The summed E-state index contributed by atoms with van der Waals surface area (Å²) in [6, 6.07) is 20.7. The molecule has 74 heavy (non-hydrogen) atoms. The van der Waals surface area contributed by atoms with Crippen molar-refractivity contribution in [1.29, 1.82) is 0 Å². The molecule has 1 amide bonds. The minimum absolute atomic E-state index is 0.0117. The Morgan fingerprint density at radius 2 is 1.16 bits per heavy atom. The van der Waals surface area contributed by atoms with E-state index in [1.807, 2.05) is 71.5 Å². The van der Waals surface area contributed by atoms with Crippen molar-refractivity contribution in [3.63, 3.8) is 0 Å². The van der Waals surface area contributed by atoms with E-state index in [4.69, 9.17) is 53.1 Å². The number of aliphatic imine (C=N–C) groups is 2. The van der Waals surface area contributed by atoms with Crippen LogP contribution in [0.2, 0.25) is 10.0 Å². The number of aromatic hydroxyl groups is 1. The van der Waals surface area contributed by atoms with E-state index in [2.05, 4.69) is 53.4 Å². The van der Waals surface area contributed by atoms with Gasteiger partial charge in [-0.25, -0.2) is 0 Å². The van der Waals surface area contributed by atoms with Gasteiger partial charge < -0.3 is 30.4 Å². The Morgan fingerprint density at radius 3 is 1.72 bits per heavy atom. The average molecular weight is 1070 g/mol. The Hall–Kier alpha value is -7.06. The molecule has 4 aromatic carbocycles. The summed E-state index contributed by atoms with van der Waals surface area (Å²) in [7, 11) is 0. The smallest absolute Gasteiger partial charge is 0.313 e. The van der Waals surface area contributed by atoms with Crippen molar-refractivity contribution in [2.24, 2.45) is 9.98 Å². The van der Waals surface area contributed by atoms with Crippen molar-refractivity contribution in [2.75, 3.05) is 11.1 Å². The first kappa shape index (κ1) is 49.2. The van der Waals surface area contributed by atoms with Crippen molar-refractivity contribution in [2.45, 2.75) is 92.9 Å². The monoisotopic (exact) mass is 1070 g/mol. The van der Waals surface area contributed by atoms with Crippen LogP contribution in [0.3, 0.4) is 0 Å². The van der Waals surface area contributed by atoms with Gasteiger partial charge in [0, 0.05) is 75.7 Å². The number of carbonyl (C=O) groups excluding carboxylic acids is 2. The Labute approximate surface area is 443 Å². The second-order valence-electron chi connectivity index (χ2n) is 18.4. The van der Waals surface area contributed by atoms with E-state index in [-0.39, 0.29) is 24.5 Å². The van der Waals surface area contributed by atoms with Crippen molar-refractivity contribution >= 4 is 80.6 Å². The van der Waals surface area contributed by atoms with Crippen molar-refractivity contribution in [3.05, 3.63) is 172 Å². The van der Waals surface area contributed by atoms with Crippen LogP contribution in [0.1, 0.15) is 114 Å². The maximum Gasteiger partial charge on any atom is 0.313 e. The fraction of sp³-hybridized carbons (Fsp3) is 0.259. The van der Waals surface area contributed by atoms with Gasteiger partial charge in [0.15, 0.2) is 11.6 Å². The number of nitrogens with one attached hydrogen (secondary N) is 1. The van der Waals surface area contributed by atoms with Crippen molar-refractivity contribution in [3.8, 4) is 21.5 Å². The molecule has 0 saturated carbocycles. The number of hydrogen-bond donors (Lipinski definition) is 3. The quantitative estimate of drug-likeness (QED) is 0.0565. The summed E-state index contributed by atoms with van der Waals surface area (Å²) in [5.74, 6) is 2.70. The topological polar surface area (TPSA) is 206 Å². The fourth-order valence-corrected chi connectivity index (χ4v) is 12.4. The Bertz CT molecular complexity index is 3410. The SMILES string of the molecule is Cc1sc2c(c1C)C(c1ccc(Cl)cc1)=N[C@@H](CC(=O)Nc1ccc(O)c3c1COC3)c1nnc(C)n1-2.Cc1sc2c(c1C)C(c1ccc(Cl)cc1)=N[C@@H](CC(=O)Oc1ccc(N)c3c1COC3)c1nnc(C)n1-2. The number of aryl methyl sites for hydroxylation is 4. The molecule has 4 aromatic heterocycles. The molecule has 376 valence electrons. The summed E-state index contributed by atoms with van der Waals surface area (Å²) >= 11 is 15.7. The van der Waals surface area contributed by atoms with Crippen LogP contribution in [0, 0.1) is 41.5 Å². The van der Waals surface area contributed by atoms with Crippen LogP contribution in [0.15, 0.2) is 82.8 Å². The molecule has 2 atom stereocenters. The Morgan fingerprint density at radius 1 is 0.662 bits per heavy atom.